The molecule has 1 aromatic rings. The first-order valence-electron chi connectivity index (χ1n) is 9.08. The summed E-state index contributed by atoms with van der Waals surface area (Å²) in [5.74, 6) is 0.101. The summed E-state index contributed by atoms with van der Waals surface area (Å²) in [5, 5.41) is 9.17. The first-order chi connectivity index (χ1) is 12.3. The van der Waals surface area contributed by atoms with Crippen LogP contribution in [-0.4, -0.2) is 53.6 Å². The van der Waals surface area contributed by atoms with E-state index in [0.717, 1.165) is 50.0 Å². The molecule has 1 N–H and O–H groups in total. The molecule has 2 heterocycles. The second kappa shape index (κ2) is 7.56. The highest BCUT2D eigenvalue weighted by molar-refractivity contribution is 5.77. The molecule has 26 heavy (non-hydrogen) atoms. The summed E-state index contributed by atoms with van der Waals surface area (Å²) >= 11 is 0. The minimum absolute atomic E-state index is 0.0307. The van der Waals surface area contributed by atoms with E-state index in [0.29, 0.717) is 26.1 Å². The molecule has 2 aliphatic rings. The number of benzene rings is 1. The van der Waals surface area contributed by atoms with Gasteiger partial charge in [0, 0.05) is 38.0 Å². The van der Waals surface area contributed by atoms with E-state index in [2.05, 4.69) is 4.90 Å². The van der Waals surface area contributed by atoms with Crippen LogP contribution < -0.4 is 0 Å². The molecule has 1 amide bonds. The number of piperidine rings is 2. The number of amides is 1. The Hall–Kier alpha value is -1.60. The molecule has 0 aliphatic carbocycles. The van der Waals surface area contributed by atoms with Gasteiger partial charge in [0.25, 0.3) is 0 Å². The number of β-amino-alcohol motifs (C(OH)–C–C–N with tert-alkyl or cyclic N) is 1. The summed E-state index contributed by atoms with van der Waals surface area (Å²) in [6.07, 6.45) is -0.891. The molecule has 2 fully saturated rings. The SMILES string of the molecule is O=C1CCC2(CCCN(Cc3ccc(C(F)(F)F)cc3)C2)CN1CCO. The number of alkyl halides is 3. The molecular formula is C19H25F3N2O2. The number of hydrogen-bond donors (Lipinski definition) is 1. The predicted molar refractivity (Wildman–Crippen MR) is 91.3 cm³/mol. The average molecular weight is 370 g/mol. The smallest absolute Gasteiger partial charge is 0.395 e. The van der Waals surface area contributed by atoms with Crippen LogP contribution >= 0.6 is 0 Å². The third kappa shape index (κ3) is 4.38. The van der Waals surface area contributed by atoms with Crippen molar-refractivity contribution < 1.29 is 23.1 Å². The van der Waals surface area contributed by atoms with Crippen molar-refractivity contribution in [1.82, 2.24) is 9.80 Å². The Kier molecular flexibility index (Phi) is 5.58. The summed E-state index contributed by atoms with van der Waals surface area (Å²) in [6.45, 7) is 3.38. The first-order valence-corrected chi connectivity index (χ1v) is 9.08. The summed E-state index contributed by atoms with van der Waals surface area (Å²) in [6, 6.07) is 5.37. The monoisotopic (exact) mass is 370 g/mol. The molecule has 1 spiro atoms. The molecule has 144 valence electrons. The fourth-order valence-electron chi connectivity index (χ4n) is 4.26. The maximum absolute atomic E-state index is 12.7. The van der Waals surface area contributed by atoms with Crippen molar-refractivity contribution >= 4 is 5.91 Å². The zero-order valence-electron chi connectivity index (χ0n) is 14.8. The summed E-state index contributed by atoms with van der Waals surface area (Å²) in [4.78, 5) is 16.0. The van der Waals surface area contributed by atoms with Crippen LogP contribution in [0.1, 0.15) is 36.8 Å². The number of likely N-dealkylation sites (tertiary alicyclic amines) is 2. The van der Waals surface area contributed by atoms with E-state index in [-0.39, 0.29) is 17.9 Å². The molecule has 3 rings (SSSR count). The first kappa shape index (κ1) is 19.2. The van der Waals surface area contributed by atoms with Gasteiger partial charge in [0.2, 0.25) is 5.91 Å². The van der Waals surface area contributed by atoms with E-state index in [1.54, 1.807) is 17.0 Å². The zero-order valence-corrected chi connectivity index (χ0v) is 14.8. The maximum atomic E-state index is 12.7. The lowest BCUT2D eigenvalue weighted by Gasteiger charge is -2.48. The molecule has 1 unspecified atom stereocenters. The summed E-state index contributed by atoms with van der Waals surface area (Å²) in [5.41, 5.74) is 0.281. The Morgan fingerprint density at radius 3 is 2.50 bits per heavy atom. The quantitative estimate of drug-likeness (QED) is 0.886. The Labute approximate surface area is 151 Å². The fraction of sp³-hybridized carbons (Fsp3) is 0.632. The molecule has 0 aromatic heterocycles. The number of halogens is 3. The Bertz CT molecular complexity index is 633. The molecule has 1 aromatic carbocycles. The van der Waals surface area contributed by atoms with Gasteiger partial charge in [-0.25, -0.2) is 0 Å². The van der Waals surface area contributed by atoms with E-state index in [1.165, 1.54) is 0 Å². The van der Waals surface area contributed by atoms with Gasteiger partial charge in [0.15, 0.2) is 0 Å². The second-order valence-corrected chi connectivity index (χ2v) is 7.55. The van der Waals surface area contributed by atoms with Crippen LogP contribution in [0.25, 0.3) is 0 Å². The lowest BCUT2D eigenvalue weighted by atomic mass is 9.73. The molecule has 0 saturated carbocycles. The molecule has 0 radical (unpaired) electrons. The van der Waals surface area contributed by atoms with Gasteiger partial charge in [-0.2, -0.15) is 13.2 Å². The third-order valence-corrected chi connectivity index (χ3v) is 5.55. The minimum Gasteiger partial charge on any atom is -0.395 e. The molecule has 2 saturated heterocycles. The highest BCUT2D eigenvalue weighted by atomic mass is 19.4. The van der Waals surface area contributed by atoms with Gasteiger partial charge in [-0.3, -0.25) is 9.69 Å². The predicted octanol–water partition coefficient (Wildman–Crippen LogP) is 2.90. The maximum Gasteiger partial charge on any atom is 0.416 e. The van der Waals surface area contributed by atoms with Crippen molar-refractivity contribution in [3.05, 3.63) is 35.4 Å². The highest BCUT2D eigenvalue weighted by Crippen LogP contribution is 2.39. The molecule has 0 bridgehead atoms. The van der Waals surface area contributed by atoms with E-state index in [9.17, 15) is 18.0 Å². The van der Waals surface area contributed by atoms with Gasteiger partial charge in [0.1, 0.15) is 0 Å². The van der Waals surface area contributed by atoms with Crippen molar-refractivity contribution in [3.63, 3.8) is 0 Å². The number of carbonyl (C=O) groups is 1. The number of aliphatic hydroxyl groups excluding tert-OH is 1. The van der Waals surface area contributed by atoms with Crippen LogP contribution in [0.15, 0.2) is 24.3 Å². The standard InChI is InChI=1S/C19H25F3N2O2/c20-19(21,22)16-4-2-15(3-5-16)12-23-9-1-7-18(13-23)8-6-17(26)24(14-18)10-11-25/h2-5,25H,1,6-14H2. The molecule has 4 nitrogen and oxygen atoms in total. The fourth-order valence-corrected chi connectivity index (χ4v) is 4.26. The Balaban J connectivity index is 1.64. The van der Waals surface area contributed by atoms with Crippen molar-refractivity contribution in [3.8, 4) is 0 Å². The van der Waals surface area contributed by atoms with E-state index >= 15 is 0 Å². The average Bonchev–Trinajstić information content (AvgIpc) is 2.59. The molecular weight excluding hydrogens is 345 g/mol. The zero-order chi connectivity index (χ0) is 18.8. The second-order valence-electron chi connectivity index (χ2n) is 7.55. The number of hydrogen-bond acceptors (Lipinski definition) is 3. The Morgan fingerprint density at radius 1 is 1.12 bits per heavy atom. The lowest BCUT2D eigenvalue weighted by molar-refractivity contribution is -0.140. The van der Waals surface area contributed by atoms with Gasteiger partial charge >= 0.3 is 6.18 Å². The van der Waals surface area contributed by atoms with Crippen molar-refractivity contribution in [2.45, 2.75) is 38.4 Å². The minimum atomic E-state index is -4.31. The van der Waals surface area contributed by atoms with Crippen LogP contribution in [0.3, 0.4) is 0 Å². The highest BCUT2D eigenvalue weighted by Gasteiger charge is 2.41. The van der Waals surface area contributed by atoms with Gasteiger partial charge < -0.3 is 10.0 Å². The molecule has 2 aliphatic heterocycles. The number of aliphatic hydroxyl groups is 1. The van der Waals surface area contributed by atoms with E-state index < -0.39 is 11.7 Å². The van der Waals surface area contributed by atoms with Crippen LogP contribution in [-0.2, 0) is 17.5 Å². The van der Waals surface area contributed by atoms with Crippen LogP contribution in [0.4, 0.5) is 13.2 Å². The molecule has 7 heteroatoms. The third-order valence-electron chi connectivity index (χ3n) is 5.55. The van der Waals surface area contributed by atoms with Crippen molar-refractivity contribution in [1.29, 1.82) is 0 Å². The van der Waals surface area contributed by atoms with Gasteiger partial charge in [-0.1, -0.05) is 12.1 Å². The summed E-state index contributed by atoms with van der Waals surface area (Å²) < 4.78 is 38.1. The lowest BCUT2D eigenvalue weighted by Crippen LogP contribution is -2.54. The number of nitrogens with zero attached hydrogens (tertiary/aromatic N) is 2. The van der Waals surface area contributed by atoms with E-state index in [4.69, 9.17) is 5.11 Å². The van der Waals surface area contributed by atoms with Crippen LogP contribution in [0.2, 0.25) is 0 Å². The topological polar surface area (TPSA) is 43.8 Å². The number of carbonyl (C=O) groups excluding carboxylic acids is 1. The van der Waals surface area contributed by atoms with Crippen LogP contribution in [0.5, 0.6) is 0 Å². The largest absolute Gasteiger partial charge is 0.416 e. The van der Waals surface area contributed by atoms with Gasteiger partial charge in [-0.05, 0) is 43.5 Å². The molecule has 1 atom stereocenters. The normalized spacial score (nSPS) is 25.1. The van der Waals surface area contributed by atoms with E-state index in [1.807, 2.05) is 0 Å². The van der Waals surface area contributed by atoms with Crippen molar-refractivity contribution in [2.75, 3.05) is 32.8 Å². The van der Waals surface area contributed by atoms with Gasteiger partial charge in [0.05, 0.1) is 12.2 Å². The summed E-state index contributed by atoms with van der Waals surface area (Å²) in [7, 11) is 0. The number of rotatable bonds is 4. The van der Waals surface area contributed by atoms with Crippen LogP contribution in [0, 0.1) is 5.41 Å². The Morgan fingerprint density at radius 2 is 1.85 bits per heavy atom. The van der Waals surface area contributed by atoms with Gasteiger partial charge in [-0.15, -0.1) is 0 Å². The van der Waals surface area contributed by atoms with Crippen molar-refractivity contribution in [2.24, 2.45) is 5.41 Å².